The smallest absolute Gasteiger partial charge is 0.127 e. The van der Waals surface area contributed by atoms with E-state index in [4.69, 9.17) is 9.47 Å². The number of rotatable bonds is 6. The Kier molecular flexibility index (Phi) is 6.13. The summed E-state index contributed by atoms with van der Waals surface area (Å²) in [4.78, 5) is 0. The molecular formula is C32H26O2. The largest absolute Gasteiger partial charge is 0.497 e. The summed E-state index contributed by atoms with van der Waals surface area (Å²) in [5.41, 5.74) is 8.51. The second-order valence-corrected chi connectivity index (χ2v) is 8.32. The SMILES string of the molecule is COc1ccc(Oc2ccc(-c3ccc(-c4ccc(-c5ccc(C)cc5)cc4)cc3)cc2)cc1. The summed E-state index contributed by atoms with van der Waals surface area (Å²) in [6, 6.07) is 41.9. The molecule has 0 aliphatic rings. The summed E-state index contributed by atoms with van der Waals surface area (Å²) < 4.78 is 11.1. The Balaban J connectivity index is 1.27. The van der Waals surface area contributed by atoms with Crippen LogP contribution >= 0.6 is 0 Å². The molecule has 0 aliphatic carbocycles. The quantitative estimate of drug-likeness (QED) is 0.262. The van der Waals surface area contributed by atoms with Crippen molar-refractivity contribution in [2.24, 2.45) is 0 Å². The number of hydrogen-bond donors (Lipinski definition) is 0. The molecule has 166 valence electrons. The van der Waals surface area contributed by atoms with Crippen LogP contribution in [0.4, 0.5) is 0 Å². The van der Waals surface area contributed by atoms with Crippen LogP contribution in [0.15, 0.2) is 121 Å². The first-order valence-electron chi connectivity index (χ1n) is 11.4. The highest BCUT2D eigenvalue weighted by molar-refractivity contribution is 5.73. The summed E-state index contributed by atoms with van der Waals surface area (Å²) in [5.74, 6) is 2.40. The molecule has 0 atom stereocenters. The Morgan fingerprint density at radius 1 is 0.353 bits per heavy atom. The van der Waals surface area contributed by atoms with Gasteiger partial charge in [0.05, 0.1) is 7.11 Å². The third-order valence-corrected chi connectivity index (χ3v) is 5.97. The van der Waals surface area contributed by atoms with Gasteiger partial charge in [0.1, 0.15) is 17.2 Å². The minimum absolute atomic E-state index is 0.784. The Hall–Kier alpha value is -4.30. The molecule has 34 heavy (non-hydrogen) atoms. The lowest BCUT2D eigenvalue weighted by Crippen LogP contribution is -1.86. The van der Waals surface area contributed by atoms with Crippen molar-refractivity contribution < 1.29 is 9.47 Å². The second kappa shape index (κ2) is 9.68. The van der Waals surface area contributed by atoms with Gasteiger partial charge in [0.15, 0.2) is 0 Å². The topological polar surface area (TPSA) is 18.5 Å². The number of aryl methyl sites for hydroxylation is 1. The van der Waals surface area contributed by atoms with Gasteiger partial charge < -0.3 is 9.47 Å². The zero-order valence-corrected chi connectivity index (χ0v) is 19.4. The number of ether oxygens (including phenoxy) is 2. The Bertz CT molecular complexity index is 1350. The van der Waals surface area contributed by atoms with E-state index in [0.29, 0.717) is 0 Å². The van der Waals surface area contributed by atoms with Gasteiger partial charge >= 0.3 is 0 Å². The van der Waals surface area contributed by atoms with Crippen molar-refractivity contribution in [1.29, 1.82) is 0 Å². The van der Waals surface area contributed by atoms with Crippen LogP contribution in [0.25, 0.3) is 33.4 Å². The van der Waals surface area contributed by atoms with E-state index in [1.807, 2.05) is 36.4 Å². The van der Waals surface area contributed by atoms with Crippen molar-refractivity contribution in [3.8, 4) is 50.6 Å². The third-order valence-electron chi connectivity index (χ3n) is 5.97. The zero-order chi connectivity index (χ0) is 23.3. The van der Waals surface area contributed by atoms with Gasteiger partial charge in [-0.25, -0.2) is 0 Å². The molecule has 0 unspecified atom stereocenters. The van der Waals surface area contributed by atoms with Gasteiger partial charge in [-0.15, -0.1) is 0 Å². The average molecular weight is 443 g/mol. The molecule has 0 heterocycles. The van der Waals surface area contributed by atoms with Gasteiger partial charge in [0.25, 0.3) is 0 Å². The van der Waals surface area contributed by atoms with Gasteiger partial charge in [0, 0.05) is 0 Å². The van der Waals surface area contributed by atoms with Crippen LogP contribution in [0.2, 0.25) is 0 Å². The maximum absolute atomic E-state index is 5.94. The highest BCUT2D eigenvalue weighted by Gasteiger charge is 2.04. The van der Waals surface area contributed by atoms with Crippen LogP contribution < -0.4 is 9.47 Å². The molecule has 0 bridgehead atoms. The van der Waals surface area contributed by atoms with Crippen LogP contribution in [0.5, 0.6) is 17.2 Å². The lowest BCUT2D eigenvalue weighted by atomic mass is 9.98. The first kappa shape index (κ1) is 21.5. The average Bonchev–Trinajstić information content (AvgIpc) is 2.90. The van der Waals surface area contributed by atoms with E-state index in [2.05, 4.69) is 91.9 Å². The van der Waals surface area contributed by atoms with E-state index in [9.17, 15) is 0 Å². The predicted molar refractivity (Wildman–Crippen MR) is 141 cm³/mol. The number of hydrogen-bond acceptors (Lipinski definition) is 2. The molecule has 5 rings (SSSR count). The standard InChI is InChI=1S/C32H26O2/c1-23-3-5-24(6-4-23)25-7-9-26(10-8-25)27-11-13-28(14-12-27)29-15-17-31(18-16-29)34-32-21-19-30(33-2)20-22-32/h3-22H,1-2H3. The van der Waals surface area contributed by atoms with Gasteiger partial charge in [-0.2, -0.15) is 0 Å². The van der Waals surface area contributed by atoms with E-state index in [0.717, 1.165) is 22.8 Å². The van der Waals surface area contributed by atoms with Gasteiger partial charge in [-0.3, -0.25) is 0 Å². The molecule has 0 aliphatic heterocycles. The molecule has 0 saturated carbocycles. The molecule has 0 spiro atoms. The fraction of sp³-hybridized carbons (Fsp3) is 0.0625. The van der Waals surface area contributed by atoms with E-state index in [-0.39, 0.29) is 0 Å². The summed E-state index contributed by atoms with van der Waals surface area (Å²) in [6.45, 7) is 2.11. The monoisotopic (exact) mass is 442 g/mol. The van der Waals surface area contributed by atoms with Gasteiger partial charge in [-0.1, -0.05) is 90.5 Å². The highest BCUT2D eigenvalue weighted by atomic mass is 16.5. The molecule has 0 fully saturated rings. The minimum atomic E-state index is 0.784. The molecule has 0 saturated heterocycles. The Labute approximate surface area is 201 Å². The molecule has 5 aromatic rings. The van der Waals surface area contributed by atoms with Crippen molar-refractivity contribution >= 4 is 0 Å². The Morgan fingerprint density at radius 3 is 0.971 bits per heavy atom. The normalized spacial score (nSPS) is 10.6. The van der Waals surface area contributed by atoms with Crippen LogP contribution in [0.1, 0.15) is 5.56 Å². The lowest BCUT2D eigenvalue weighted by molar-refractivity contribution is 0.413. The maximum atomic E-state index is 5.94. The minimum Gasteiger partial charge on any atom is -0.497 e. The van der Waals surface area contributed by atoms with Gasteiger partial charge in [-0.05, 0) is 76.7 Å². The summed E-state index contributed by atoms with van der Waals surface area (Å²) in [6.07, 6.45) is 0. The van der Waals surface area contributed by atoms with Crippen LogP contribution in [0, 0.1) is 6.92 Å². The molecule has 2 heteroatoms. The van der Waals surface area contributed by atoms with Crippen molar-refractivity contribution in [3.05, 3.63) is 127 Å². The van der Waals surface area contributed by atoms with Gasteiger partial charge in [0.2, 0.25) is 0 Å². The summed E-state index contributed by atoms with van der Waals surface area (Å²) in [5, 5.41) is 0. The Morgan fingerprint density at radius 2 is 0.618 bits per heavy atom. The first-order chi connectivity index (χ1) is 16.7. The van der Waals surface area contributed by atoms with E-state index in [1.165, 1.54) is 33.4 Å². The maximum Gasteiger partial charge on any atom is 0.127 e. The molecule has 0 aromatic heterocycles. The fourth-order valence-electron chi connectivity index (χ4n) is 3.95. The van der Waals surface area contributed by atoms with Crippen molar-refractivity contribution in [2.45, 2.75) is 6.92 Å². The summed E-state index contributed by atoms with van der Waals surface area (Å²) >= 11 is 0. The van der Waals surface area contributed by atoms with E-state index >= 15 is 0 Å². The number of benzene rings is 5. The van der Waals surface area contributed by atoms with Crippen molar-refractivity contribution in [1.82, 2.24) is 0 Å². The second-order valence-electron chi connectivity index (χ2n) is 8.32. The highest BCUT2D eigenvalue weighted by Crippen LogP contribution is 2.30. The molecular weight excluding hydrogens is 416 g/mol. The predicted octanol–water partition coefficient (Wildman–Crippen LogP) is 8.80. The van der Waals surface area contributed by atoms with Crippen molar-refractivity contribution in [3.63, 3.8) is 0 Å². The molecule has 0 radical (unpaired) electrons. The zero-order valence-electron chi connectivity index (χ0n) is 19.4. The van der Waals surface area contributed by atoms with Crippen LogP contribution in [0.3, 0.4) is 0 Å². The van der Waals surface area contributed by atoms with Crippen LogP contribution in [-0.4, -0.2) is 7.11 Å². The van der Waals surface area contributed by atoms with Crippen LogP contribution in [-0.2, 0) is 0 Å². The molecule has 0 amide bonds. The molecule has 5 aromatic carbocycles. The number of methoxy groups -OCH3 is 1. The summed E-state index contributed by atoms with van der Waals surface area (Å²) in [7, 11) is 1.66. The lowest BCUT2D eigenvalue weighted by Gasteiger charge is -2.09. The van der Waals surface area contributed by atoms with E-state index in [1.54, 1.807) is 7.11 Å². The fourth-order valence-corrected chi connectivity index (χ4v) is 3.95. The van der Waals surface area contributed by atoms with E-state index < -0.39 is 0 Å². The molecule has 2 nitrogen and oxygen atoms in total. The third kappa shape index (κ3) is 4.87. The molecule has 0 N–H and O–H groups in total. The van der Waals surface area contributed by atoms with Crippen molar-refractivity contribution in [2.75, 3.05) is 7.11 Å². The first-order valence-corrected chi connectivity index (χ1v) is 11.4.